The van der Waals surface area contributed by atoms with E-state index in [0.29, 0.717) is 12.5 Å². The molecular formula is C25H28N4O2. The number of aromatic nitrogens is 1. The molecule has 0 bridgehead atoms. The smallest absolute Gasteiger partial charge is 0.252 e. The molecule has 31 heavy (non-hydrogen) atoms. The fraction of sp³-hybridized carbons (Fsp3) is 0.320. The predicted octanol–water partition coefficient (Wildman–Crippen LogP) is 6.08. The summed E-state index contributed by atoms with van der Waals surface area (Å²) in [5, 5.41) is 13.5. The van der Waals surface area contributed by atoms with Crippen LogP contribution in [0.4, 0.5) is 5.88 Å². The van der Waals surface area contributed by atoms with E-state index in [-0.39, 0.29) is 11.6 Å². The summed E-state index contributed by atoms with van der Waals surface area (Å²) in [7, 11) is 0. The van der Waals surface area contributed by atoms with E-state index in [1.165, 1.54) is 19.3 Å². The van der Waals surface area contributed by atoms with Crippen molar-refractivity contribution in [1.82, 2.24) is 4.98 Å². The van der Waals surface area contributed by atoms with Crippen LogP contribution >= 0.6 is 0 Å². The molecule has 1 aromatic heterocycles. The van der Waals surface area contributed by atoms with Crippen molar-refractivity contribution < 1.29 is 9.15 Å². The van der Waals surface area contributed by atoms with Crippen LogP contribution in [0.15, 0.2) is 64.1 Å². The number of aryl methyl sites for hydroxylation is 1. The minimum Gasteiger partial charge on any atom is -0.489 e. The first kappa shape index (κ1) is 22.1. The van der Waals surface area contributed by atoms with Crippen molar-refractivity contribution in [2.45, 2.75) is 52.1 Å². The van der Waals surface area contributed by atoms with E-state index < -0.39 is 0 Å². The van der Waals surface area contributed by atoms with Gasteiger partial charge < -0.3 is 9.15 Å². The molecule has 1 heterocycles. The van der Waals surface area contributed by atoms with Gasteiger partial charge in [-0.2, -0.15) is 10.4 Å². The lowest BCUT2D eigenvalue weighted by Gasteiger charge is -2.06. The molecular weight excluding hydrogens is 388 g/mol. The van der Waals surface area contributed by atoms with Gasteiger partial charge in [0.1, 0.15) is 18.4 Å². The molecule has 160 valence electrons. The van der Waals surface area contributed by atoms with E-state index in [1.54, 1.807) is 6.21 Å². The zero-order valence-corrected chi connectivity index (χ0v) is 17.9. The van der Waals surface area contributed by atoms with Crippen LogP contribution in [0.5, 0.6) is 5.75 Å². The van der Waals surface area contributed by atoms with Crippen LogP contribution in [0.1, 0.15) is 61.7 Å². The molecule has 0 radical (unpaired) electrons. The SMILES string of the molecule is CCCCCCCc1nc(C#N)c(N/N=C\c2cccc(OCc3ccccc3)c2)o1. The largest absolute Gasteiger partial charge is 0.489 e. The minimum atomic E-state index is 0.223. The molecule has 0 saturated carbocycles. The summed E-state index contributed by atoms with van der Waals surface area (Å²) >= 11 is 0. The summed E-state index contributed by atoms with van der Waals surface area (Å²) in [6.45, 7) is 2.70. The van der Waals surface area contributed by atoms with Gasteiger partial charge in [0.25, 0.3) is 5.88 Å². The highest BCUT2D eigenvalue weighted by atomic mass is 16.5. The summed E-state index contributed by atoms with van der Waals surface area (Å²) < 4.78 is 11.5. The average molecular weight is 417 g/mol. The Morgan fingerprint density at radius 1 is 1.10 bits per heavy atom. The number of hydrogen-bond donors (Lipinski definition) is 1. The molecule has 6 heteroatoms. The number of nitrogens with one attached hydrogen (secondary N) is 1. The number of benzene rings is 2. The van der Waals surface area contributed by atoms with Gasteiger partial charge in [0.2, 0.25) is 5.69 Å². The fourth-order valence-electron chi connectivity index (χ4n) is 3.09. The Balaban J connectivity index is 1.53. The lowest BCUT2D eigenvalue weighted by molar-refractivity contribution is 0.306. The van der Waals surface area contributed by atoms with Crippen molar-refractivity contribution in [2.24, 2.45) is 5.10 Å². The van der Waals surface area contributed by atoms with E-state index in [0.717, 1.165) is 36.1 Å². The van der Waals surface area contributed by atoms with Gasteiger partial charge in [0.15, 0.2) is 5.89 Å². The summed E-state index contributed by atoms with van der Waals surface area (Å²) in [5.41, 5.74) is 5.00. The van der Waals surface area contributed by atoms with Crippen LogP contribution in [0.2, 0.25) is 0 Å². The van der Waals surface area contributed by atoms with Crippen molar-refractivity contribution in [1.29, 1.82) is 5.26 Å². The van der Waals surface area contributed by atoms with E-state index >= 15 is 0 Å². The van der Waals surface area contributed by atoms with Crippen molar-refractivity contribution in [2.75, 3.05) is 5.43 Å². The molecule has 0 aliphatic rings. The average Bonchev–Trinajstić information content (AvgIpc) is 3.20. The van der Waals surface area contributed by atoms with E-state index in [4.69, 9.17) is 9.15 Å². The molecule has 3 rings (SSSR count). The third-order valence-corrected chi connectivity index (χ3v) is 4.76. The van der Waals surface area contributed by atoms with E-state index in [9.17, 15) is 5.26 Å². The standard InChI is InChI=1S/C25H28N4O2/c1-2-3-4-5-9-15-24-28-23(17-26)25(31-24)29-27-18-21-13-10-14-22(16-21)30-19-20-11-7-6-8-12-20/h6-8,10-14,16,18,29H,2-5,9,15,19H2,1H3/b27-18-. The quantitative estimate of drug-likeness (QED) is 0.220. The van der Waals surface area contributed by atoms with Crippen LogP contribution in [0.3, 0.4) is 0 Å². The summed E-state index contributed by atoms with van der Waals surface area (Å²) in [4.78, 5) is 4.26. The third kappa shape index (κ3) is 7.31. The van der Waals surface area contributed by atoms with Crippen LogP contribution in [-0.4, -0.2) is 11.2 Å². The number of hydrogen-bond acceptors (Lipinski definition) is 6. The van der Waals surface area contributed by atoms with Gasteiger partial charge in [-0.15, -0.1) is 0 Å². The molecule has 0 aliphatic carbocycles. The molecule has 0 atom stereocenters. The summed E-state index contributed by atoms with van der Waals surface area (Å²) in [5.74, 6) is 1.61. The predicted molar refractivity (Wildman–Crippen MR) is 122 cm³/mol. The normalized spacial score (nSPS) is 10.8. The molecule has 0 aliphatic heterocycles. The topological polar surface area (TPSA) is 83.4 Å². The minimum absolute atomic E-state index is 0.223. The van der Waals surface area contributed by atoms with Crippen molar-refractivity contribution in [3.63, 3.8) is 0 Å². The first-order chi connectivity index (χ1) is 15.3. The highest BCUT2D eigenvalue weighted by molar-refractivity contribution is 5.80. The Morgan fingerprint density at radius 3 is 2.74 bits per heavy atom. The maximum atomic E-state index is 9.30. The van der Waals surface area contributed by atoms with Gasteiger partial charge in [-0.3, -0.25) is 0 Å². The molecule has 0 fully saturated rings. The van der Waals surface area contributed by atoms with E-state index in [1.807, 2.05) is 54.6 Å². The number of oxazole rings is 1. The first-order valence-corrected chi connectivity index (χ1v) is 10.7. The Kier molecular flexibility index (Phi) is 8.69. The number of ether oxygens (including phenoxy) is 1. The number of nitrogens with zero attached hydrogens (tertiary/aromatic N) is 3. The monoisotopic (exact) mass is 416 g/mol. The zero-order valence-electron chi connectivity index (χ0n) is 17.9. The molecule has 0 spiro atoms. The second-order valence-electron chi connectivity index (χ2n) is 7.28. The second-order valence-corrected chi connectivity index (χ2v) is 7.28. The zero-order chi connectivity index (χ0) is 21.7. The Morgan fingerprint density at radius 2 is 1.94 bits per heavy atom. The molecule has 1 N–H and O–H groups in total. The van der Waals surface area contributed by atoms with Gasteiger partial charge in [0, 0.05) is 6.42 Å². The van der Waals surface area contributed by atoms with Crippen molar-refractivity contribution >= 4 is 12.1 Å². The van der Waals surface area contributed by atoms with Gasteiger partial charge in [-0.1, -0.05) is 75.1 Å². The Bertz CT molecular complexity index is 1010. The Labute approximate surface area is 183 Å². The highest BCUT2D eigenvalue weighted by Crippen LogP contribution is 2.19. The number of unbranched alkanes of at least 4 members (excludes halogenated alkanes) is 4. The molecule has 3 aromatic rings. The van der Waals surface area contributed by atoms with Gasteiger partial charge in [0.05, 0.1) is 6.21 Å². The Hall–Kier alpha value is -3.59. The van der Waals surface area contributed by atoms with Gasteiger partial charge >= 0.3 is 0 Å². The van der Waals surface area contributed by atoms with Crippen molar-refractivity contribution in [3.8, 4) is 11.8 Å². The van der Waals surface area contributed by atoms with Crippen LogP contribution < -0.4 is 10.2 Å². The second kappa shape index (κ2) is 12.2. The molecule has 6 nitrogen and oxygen atoms in total. The maximum Gasteiger partial charge on any atom is 0.252 e. The lowest BCUT2D eigenvalue weighted by Crippen LogP contribution is -1.96. The first-order valence-electron chi connectivity index (χ1n) is 10.7. The number of anilines is 1. The maximum absolute atomic E-state index is 9.30. The number of nitriles is 1. The summed E-state index contributed by atoms with van der Waals surface area (Å²) in [6.07, 6.45) is 8.20. The van der Waals surface area contributed by atoms with Gasteiger partial charge in [-0.25, -0.2) is 10.4 Å². The van der Waals surface area contributed by atoms with Crippen molar-refractivity contribution in [3.05, 3.63) is 77.3 Å². The number of hydrazone groups is 1. The third-order valence-electron chi connectivity index (χ3n) is 4.76. The van der Waals surface area contributed by atoms with E-state index in [2.05, 4.69) is 28.5 Å². The fourth-order valence-corrected chi connectivity index (χ4v) is 3.09. The lowest BCUT2D eigenvalue weighted by atomic mass is 10.1. The highest BCUT2D eigenvalue weighted by Gasteiger charge is 2.12. The van der Waals surface area contributed by atoms with Gasteiger partial charge in [-0.05, 0) is 29.7 Å². The summed E-state index contributed by atoms with van der Waals surface area (Å²) in [6, 6.07) is 19.7. The molecule has 0 amide bonds. The van der Waals surface area contributed by atoms with Crippen LogP contribution in [0, 0.1) is 11.3 Å². The van der Waals surface area contributed by atoms with Crippen LogP contribution in [-0.2, 0) is 13.0 Å². The van der Waals surface area contributed by atoms with Crippen LogP contribution in [0.25, 0.3) is 0 Å². The molecule has 0 unspecified atom stereocenters. The molecule has 2 aromatic carbocycles. The molecule has 0 saturated heterocycles. The number of rotatable bonds is 12.